The number of piperidine rings is 1. The Hall–Kier alpha value is -2.90. The number of rotatable bonds is 12. The summed E-state index contributed by atoms with van der Waals surface area (Å²) in [7, 11) is 0. The maximum Gasteiger partial charge on any atom is 0.308 e. The van der Waals surface area contributed by atoms with Gasteiger partial charge in [0.05, 0.1) is 12.1 Å². The standard InChI is InChI=1S/C38H50N2O5/c1-24(2)22-40(34(43)13-9-5-8-12-26-10-6-4-7-11-26)30-16-15-29-31-20-27-14-17-33(44-25(3)41)36-35(27)38(29,37(30)45-36)18-19-39(31)23-28-21-32(28)42/h4,6-7,10-11,14,17,24,28-32,37,42H,5,8-9,12-13,15-16,18-23H2,1-3H3/t28?,29-,30+,31+,32?,37-,38-/m0/s1. The summed E-state index contributed by atoms with van der Waals surface area (Å²) in [5.74, 6) is 2.32. The molecule has 2 unspecified atom stereocenters. The van der Waals surface area contributed by atoms with Gasteiger partial charge in [-0.15, -0.1) is 0 Å². The molecule has 7 nitrogen and oxygen atoms in total. The number of ether oxygens (including phenoxy) is 2. The number of amides is 1. The SMILES string of the molecule is CC(=O)Oc1ccc2c3c1O[C@H]1[C@H](N(CC(C)C)C(=O)CCCCCc4ccccc4)CC[C@H]4[C@@H](C2)N(CC2CC2O)CC[C@@]341. The molecule has 2 saturated carbocycles. The number of aliphatic hydroxyl groups excluding tert-OH is 1. The highest BCUT2D eigenvalue weighted by atomic mass is 16.6. The normalized spacial score (nSPS) is 30.9. The highest BCUT2D eigenvalue weighted by Crippen LogP contribution is 2.64. The molecular weight excluding hydrogens is 564 g/mol. The second kappa shape index (κ2) is 12.4. The zero-order valence-corrected chi connectivity index (χ0v) is 27.2. The molecule has 45 heavy (non-hydrogen) atoms. The zero-order chi connectivity index (χ0) is 31.3. The molecule has 2 bridgehead atoms. The Morgan fingerprint density at radius 3 is 2.64 bits per heavy atom. The highest BCUT2D eigenvalue weighted by molar-refractivity contribution is 5.77. The first-order valence-electron chi connectivity index (χ1n) is 17.5. The first-order chi connectivity index (χ1) is 21.8. The van der Waals surface area contributed by atoms with Crippen LogP contribution in [0, 0.1) is 17.8 Å². The van der Waals surface area contributed by atoms with Crippen LogP contribution in [0.3, 0.4) is 0 Å². The van der Waals surface area contributed by atoms with Crippen molar-refractivity contribution < 1.29 is 24.2 Å². The van der Waals surface area contributed by atoms with E-state index in [9.17, 15) is 14.7 Å². The third kappa shape index (κ3) is 5.69. The minimum Gasteiger partial charge on any atom is -0.483 e. The Kier molecular flexibility index (Phi) is 8.45. The summed E-state index contributed by atoms with van der Waals surface area (Å²) in [6, 6.07) is 15.0. The Bertz CT molecular complexity index is 1410. The van der Waals surface area contributed by atoms with E-state index in [4.69, 9.17) is 9.47 Å². The lowest BCUT2D eigenvalue weighted by Crippen LogP contribution is -2.69. The Morgan fingerprint density at radius 2 is 1.91 bits per heavy atom. The smallest absolute Gasteiger partial charge is 0.308 e. The van der Waals surface area contributed by atoms with Gasteiger partial charge >= 0.3 is 5.97 Å². The number of unbranched alkanes of at least 4 members (excludes halogenated alkanes) is 2. The number of carbonyl (C=O) groups excluding carboxylic acids is 2. The van der Waals surface area contributed by atoms with Crippen molar-refractivity contribution in [1.82, 2.24) is 9.80 Å². The van der Waals surface area contributed by atoms with Crippen LogP contribution < -0.4 is 9.47 Å². The van der Waals surface area contributed by atoms with Gasteiger partial charge in [-0.2, -0.15) is 0 Å². The van der Waals surface area contributed by atoms with Crippen LogP contribution in [0.2, 0.25) is 0 Å². The summed E-state index contributed by atoms with van der Waals surface area (Å²) in [5, 5.41) is 10.2. The number of carbonyl (C=O) groups is 2. The van der Waals surface area contributed by atoms with E-state index < -0.39 is 0 Å². The van der Waals surface area contributed by atoms with Gasteiger partial charge in [-0.05, 0) is 86.9 Å². The van der Waals surface area contributed by atoms with Crippen LogP contribution in [0.25, 0.3) is 0 Å². The number of esters is 1. The van der Waals surface area contributed by atoms with Crippen molar-refractivity contribution in [2.75, 3.05) is 19.6 Å². The fraction of sp³-hybridized carbons (Fsp3) is 0.632. The van der Waals surface area contributed by atoms with Gasteiger partial charge in [0.1, 0.15) is 6.10 Å². The van der Waals surface area contributed by atoms with Crippen LogP contribution in [0.4, 0.5) is 0 Å². The first-order valence-corrected chi connectivity index (χ1v) is 17.5. The van der Waals surface area contributed by atoms with Crippen LogP contribution >= 0.6 is 0 Å². The van der Waals surface area contributed by atoms with E-state index in [1.807, 2.05) is 6.07 Å². The molecule has 242 valence electrons. The van der Waals surface area contributed by atoms with Crippen molar-refractivity contribution in [1.29, 1.82) is 0 Å². The Morgan fingerprint density at radius 1 is 1.11 bits per heavy atom. The maximum atomic E-state index is 14.1. The summed E-state index contributed by atoms with van der Waals surface area (Å²) in [4.78, 5) is 31.1. The Labute approximate surface area is 268 Å². The fourth-order valence-corrected chi connectivity index (χ4v) is 9.48. The monoisotopic (exact) mass is 614 g/mol. The van der Waals surface area contributed by atoms with Crippen molar-refractivity contribution in [2.24, 2.45) is 17.8 Å². The topological polar surface area (TPSA) is 79.3 Å². The van der Waals surface area contributed by atoms with Crippen molar-refractivity contribution in [2.45, 2.75) is 115 Å². The third-order valence-electron chi connectivity index (χ3n) is 11.5. The lowest BCUT2D eigenvalue weighted by Gasteiger charge is -2.60. The summed E-state index contributed by atoms with van der Waals surface area (Å²) in [6.45, 7) is 8.50. The quantitative estimate of drug-likeness (QED) is 0.188. The van der Waals surface area contributed by atoms with Gasteiger partial charge in [-0.25, -0.2) is 0 Å². The molecule has 7 heteroatoms. The van der Waals surface area contributed by atoms with Crippen LogP contribution in [-0.4, -0.2) is 70.7 Å². The fourth-order valence-electron chi connectivity index (χ4n) is 9.48. The van der Waals surface area contributed by atoms with E-state index in [0.29, 0.717) is 36.0 Å². The second-order valence-electron chi connectivity index (χ2n) is 14.9. The summed E-state index contributed by atoms with van der Waals surface area (Å²) in [6.07, 6.45) is 9.15. The van der Waals surface area contributed by atoms with E-state index in [1.165, 1.54) is 23.6 Å². The molecule has 7 atom stereocenters. The van der Waals surface area contributed by atoms with E-state index in [1.54, 1.807) is 0 Å². The number of aliphatic hydroxyl groups is 1. The maximum absolute atomic E-state index is 14.1. The summed E-state index contributed by atoms with van der Waals surface area (Å²) >= 11 is 0. The molecule has 7 rings (SSSR count). The molecule has 2 aromatic carbocycles. The molecule has 2 heterocycles. The van der Waals surface area contributed by atoms with Crippen LogP contribution in [-0.2, 0) is 27.8 Å². The number of likely N-dealkylation sites (tertiary alicyclic amines) is 1. The minimum atomic E-state index is -0.342. The van der Waals surface area contributed by atoms with E-state index in [0.717, 1.165) is 83.2 Å². The van der Waals surface area contributed by atoms with Crippen LogP contribution in [0.1, 0.15) is 88.8 Å². The van der Waals surface area contributed by atoms with E-state index >= 15 is 0 Å². The lowest BCUT2D eigenvalue weighted by atomic mass is 9.51. The molecule has 3 fully saturated rings. The average Bonchev–Trinajstić information content (AvgIpc) is 3.59. The molecule has 1 amide bonds. The van der Waals surface area contributed by atoms with Gasteiger partial charge in [0.15, 0.2) is 11.5 Å². The minimum absolute atomic E-state index is 0.0125. The van der Waals surface area contributed by atoms with E-state index in [-0.39, 0.29) is 35.5 Å². The molecule has 1 saturated heterocycles. The number of nitrogens with zero attached hydrogens (tertiary/aromatic N) is 2. The molecule has 2 aromatic rings. The number of aryl methyl sites for hydroxylation is 1. The predicted octanol–water partition coefficient (Wildman–Crippen LogP) is 5.69. The molecule has 5 aliphatic rings. The molecule has 1 N–H and O–H groups in total. The Balaban J connectivity index is 1.15. The van der Waals surface area contributed by atoms with Crippen LogP contribution in [0.15, 0.2) is 42.5 Å². The van der Waals surface area contributed by atoms with Crippen LogP contribution in [0.5, 0.6) is 11.5 Å². The average molecular weight is 615 g/mol. The molecular formula is C38H50N2O5. The van der Waals surface area contributed by atoms with Crippen molar-refractivity contribution in [3.63, 3.8) is 0 Å². The highest BCUT2D eigenvalue weighted by Gasteiger charge is 2.67. The summed E-state index contributed by atoms with van der Waals surface area (Å²) in [5.41, 5.74) is 3.71. The molecule has 3 aliphatic carbocycles. The van der Waals surface area contributed by atoms with E-state index in [2.05, 4.69) is 60.0 Å². The largest absolute Gasteiger partial charge is 0.483 e. The van der Waals surface area contributed by atoms with Gasteiger partial charge in [0.25, 0.3) is 0 Å². The predicted molar refractivity (Wildman–Crippen MR) is 173 cm³/mol. The first kappa shape index (κ1) is 30.7. The third-order valence-corrected chi connectivity index (χ3v) is 11.5. The molecule has 0 aromatic heterocycles. The lowest BCUT2D eigenvalue weighted by molar-refractivity contribution is -0.143. The number of hydrogen-bond donors (Lipinski definition) is 1. The van der Waals surface area contributed by atoms with Crippen molar-refractivity contribution in [3.05, 3.63) is 59.2 Å². The molecule has 1 spiro atoms. The van der Waals surface area contributed by atoms with Gasteiger partial charge in [-0.3, -0.25) is 14.5 Å². The van der Waals surface area contributed by atoms with Gasteiger partial charge in [0.2, 0.25) is 5.91 Å². The second-order valence-corrected chi connectivity index (χ2v) is 14.9. The summed E-state index contributed by atoms with van der Waals surface area (Å²) < 4.78 is 12.8. The molecule has 0 radical (unpaired) electrons. The molecule has 2 aliphatic heterocycles. The van der Waals surface area contributed by atoms with Gasteiger partial charge in [-0.1, -0.05) is 56.7 Å². The zero-order valence-electron chi connectivity index (χ0n) is 27.2. The number of benzene rings is 2. The number of hydrogen-bond acceptors (Lipinski definition) is 6. The van der Waals surface area contributed by atoms with Gasteiger partial charge < -0.3 is 19.5 Å². The van der Waals surface area contributed by atoms with Gasteiger partial charge in [0, 0.05) is 49.4 Å². The van der Waals surface area contributed by atoms with Crippen molar-refractivity contribution >= 4 is 11.9 Å². The van der Waals surface area contributed by atoms with Crippen molar-refractivity contribution in [3.8, 4) is 11.5 Å².